The molecule has 1 amide bonds. The fraction of sp³-hybridized carbons (Fsp3) is 0.435. The topological polar surface area (TPSA) is 75.7 Å². The van der Waals surface area contributed by atoms with Gasteiger partial charge in [-0.15, -0.1) is 0 Å². The van der Waals surface area contributed by atoms with Gasteiger partial charge in [-0.3, -0.25) is 9.10 Å². The molecule has 164 valence electrons. The Morgan fingerprint density at radius 1 is 1.03 bits per heavy atom. The molecule has 1 unspecified atom stereocenters. The number of benzene rings is 2. The van der Waals surface area contributed by atoms with Crippen LogP contribution in [0, 0.1) is 0 Å². The van der Waals surface area contributed by atoms with E-state index in [1.54, 1.807) is 19.1 Å². The van der Waals surface area contributed by atoms with Gasteiger partial charge in [0.1, 0.15) is 11.8 Å². The Kier molecular flexibility index (Phi) is 8.72. The molecule has 1 N–H and O–H groups in total. The van der Waals surface area contributed by atoms with Gasteiger partial charge in [-0.1, -0.05) is 31.2 Å². The fourth-order valence-electron chi connectivity index (χ4n) is 3.26. The van der Waals surface area contributed by atoms with Crippen molar-refractivity contribution in [2.45, 2.75) is 46.1 Å². The number of aryl methyl sites for hydroxylation is 2. The molecule has 0 spiro atoms. The molecule has 7 heteroatoms. The summed E-state index contributed by atoms with van der Waals surface area (Å²) in [6.45, 7) is 6.70. The second-order valence-electron chi connectivity index (χ2n) is 7.23. The Morgan fingerprint density at radius 3 is 2.17 bits per heavy atom. The number of anilines is 1. The van der Waals surface area contributed by atoms with Crippen LogP contribution in [0.3, 0.4) is 0 Å². The van der Waals surface area contributed by atoms with Crippen LogP contribution < -0.4 is 14.4 Å². The van der Waals surface area contributed by atoms with Crippen LogP contribution in [0.4, 0.5) is 5.69 Å². The summed E-state index contributed by atoms with van der Waals surface area (Å²) in [7, 11) is -3.60. The molecule has 0 radical (unpaired) electrons. The van der Waals surface area contributed by atoms with Crippen molar-refractivity contribution >= 4 is 21.6 Å². The predicted octanol–water partition coefficient (Wildman–Crippen LogP) is 3.55. The van der Waals surface area contributed by atoms with E-state index < -0.39 is 16.1 Å². The number of carbonyl (C=O) groups excluding carboxylic acids is 1. The number of hydrogen-bond acceptors (Lipinski definition) is 4. The molecule has 0 fully saturated rings. The summed E-state index contributed by atoms with van der Waals surface area (Å²) in [6, 6.07) is 14.3. The average Bonchev–Trinajstić information content (AvgIpc) is 2.72. The SMILES string of the molecule is CCOc1ccc(CCCNC(=O)C(C)N(c2ccc(CC)cc2)S(C)(=O)=O)cc1. The number of ether oxygens (including phenoxy) is 1. The molecule has 30 heavy (non-hydrogen) atoms. The van der Waals surface area contributed by atoms with Crippen LogP contribution in [0.5, 0.6) is 5.75 Å². The van der Waals surface area contributed by atoms with E-state index in [1.165, 1.54) is 4.31 Å². The maximum absolute atomic E-state index is 12.6. The van der Waals surface area contributed by atoms with Gasteiger partial charge >= 0.3 is 0 Å². The smallest absolute Gasteiger partial charge is 0.243 e. The Balaban J connectivity index is 1.93. The molecule has 0 saturated heterocycles. The number of nitrogens with one attached hydrogen (secondary N) is 1. The van der Waals surface area contributed by atoms with Crippen molar-refractivity contribution in [1.82, 2.24) is 5.32 Å². The molecule has 0 aliphatic rings. The molecular weight excluding hydrogens is 400 g/mol. The van der Waals surface area contributed by atoms with E-state index in [0.717, 1.165) is 42.4 Å². The van der Waals surface area contributed by atoms with Gasteiger partial charge in [-0.2, -0.15) is 0 Å². The van der Waals surface area contributed by atoms with E-state index >= 15 is 0 Å². The summed E-state index contributed by atoms with van der Waals surface area (Å²) in [5.41, 5.74) is 2.76. The molecule has 0 saturated carbocycles. The van der Waals surface area contributed by atoms with E-state index in [-0.39, 0.29) is 5.91 Å². The first kappa shape index (κ1) is 23.7. The molecule has 0 aliphatic heterocycles. The van der Waals surface area contributed by atoms with E-state index in [4.69, 9.17) is 4.74 Å². The Morgan fingerprint density at radius 2 is 1.63 bits per heavy atom. The molecule has 0 bridgehead atoms. The Labute approximate surface area is 180 Å². The number of rotatable bonds is 11. The van der Waals surface area contributed by atoms with Gasteiger partial charge in [0.2, 0.25) is 15.9 Å². The Bertz CT molecular complexity index is 909. The van der Waals surface area contributed by atoms with Crippen molar-refractivity contribution in [2.75, 3.05) is 23.7 Å². The van der Waals surface area contributed by atoms with Gasteiger partial charge in [0.05, 0.1) is 18.6 Å². The number of sulfonamides is 1. The Hall–Kier alpha value is -2.54. The molecule has 0 heterocycles. The highest BCUT2D eigenvalue weighted by Crippen LogP contribution is 2.21. The third-order valence-corrected chi connectivity index (χ3v) is 6.11. The van der Waals surface area contributed by atoms with Crippen LogP contribution in [0.1, 0.15) is 38.3 Å². The summed E-state index contributed by atoms with van der Waals surface area (Å²) < 4.78 is 31.3. The zero-order valence-electron chi connectivity index (χ0n) is 18.2. The quantitative estimate of drug-likeness (QED) is 0.551. The van der Waals surface area contributed by atoms with Crippen LogP contribution in [-0.2, 0) is 27.7 Å². The first-order valence-corrected chi connectivity index (χ1v) is 12.2. The highest BCUT2D eigenvalue weighted by Gasteiger charge is 2.28. The van der Waals surface area contributed by atoms with Crippen LogP contribution >= 0.6 is 0 Å². The molecule has 0 aromatic heterocycles. The van der Waals surface area contributed by atoms with E-state index in [9.17, 15) is 13.2 Å². The summed E-state index contributed by atoms with van der Waals surface area (Å²) >= 11 is 0. The maximum Gasteiger partial charge on any atom is 0.243 e. The van der Waals surface area contributed by atoms with Gasteiger partial charge < -0.3 is 10.1 Å². The van der Waals surface area contributed by atoms with Crippen molar-refractivity contribution in [3.8, 4) is 5.75 Å². The normalized spacial score (nSPS) is 12.3. The van der Waals surface area contributed by atoms with Gasteiger partial charge in [-0.25, -0.2) is 8.42 Å². The largest absolute Gasteiger partial charge is 0.494 e. The van der Waals surface area contributed by atoms with Gasteiger partial charge in [0.25, 0.3) is 0 Å². The molecule has 1 atom stereocenters. The summed E-state index contributed by atoms with van der Waals surface area (Å²) in [6.07, 6.45) is 3.56. The third kappa shape index (κ3) is 6.76. The van der Waals surface area contributed by atoms with Crippen molar-refractivity contribution in [1.29, 1.82) is 0 Å². The lowest BCUT2D eigenvalue weighted by molar-refractivity contribution is -0.121. The van der Waals surface area contributed by atoms with Crippen LogP contribution in [0.25, 0.3) is 0 Å². The highest BCUT2D eigenvalue weighted by molar-refractivity contribution is 7.92. The lowest BCUT2D eigenvalue weighted by Crippen LogP contribution is -2.48. The number of hydrogen-bond donors (Lipinski definition) is 1. The van der Waals surface area contributed by atoms with E-state index in [1.807, 2.05) is 50.2 Å². The molecule has 2 rings (SSSR count). The summed E-state index contributed by atoms with van der Waals surface area (Å²) in [4.78, 5) is 12.6. The second-order valence-corrected chi connectivity index (χ2v) is 9.09. The van der Waals surface area contributed by atoms with Crippen LogP contribution in [0.2, 0.25) is 0 Å². The monoisotopic (exact) mass is 432 g/mol. The van der Waals surface area contributed by atoms with Crippen molar-refractivity contribution in [3.05, 3.63) is 59.7 Å². The first-order valence-electron chi connectivity index (χ1n) is 10.3. The fourth-order valence-corrected chi connectivity index (χ4v) is 4.43. The molecule has 2 aromatic rings. The predicted molar refractivity (Wildman–Crippen MR) is 122 cm³/mol. The second kappa shape index (κ2) is 11.0. The summed E-state index contributed by atoms with van der Waals surface area (Å²) in [5.74, 6) is 0.530. The van der Waals surface area contributed by atoms with Crippen LogP contribution in [0.15, 0.2) is 48.5 Å². The van der Waals surface area contributed by atoms with Crippen molar-refractivity contribution < 1.29 is 17.9 Å². The number of carbonyl (C=O) groups is 1. The summed E-state index contributed by atoms with van der Waals surface area (Å²) in [5, 5.41) is 2.86. The minimum atomic E-state index is -3.60. The number of amides is 1. The van der Waals surface area contributed by atoms with Crippen molar-refractivity contribution in [3.63, 3.8) is 0 Å². The zero-order valence-corrected chi connectivity index (χ0v) is 19.0. The highest BCUT2D eigenvalue weighted by atomic mass is 32.2. The average molecular weight is 433 g/mol. The van der Waals surface area contributed by atoms with Crippen LogP contribution in [-0.4, -0.2) is 39.8 Å². The lowest BCUT2D eigenvalue weighted by atomic mass is 10.1. The lowest BCUT2D eigenvalue weighted by Gasteiger charge is -2.28. The van der Waals surface area contributed by atoms with Gasteiger partial charge in [0, 0.05) is 6.54 Å². The standard InChI is InChI=1S/C23H32N2O4S/c1-5-19-9-13-21(14-10-19)25(30(4,27)28)18(3)23(26)24-17-7-8-20-11-15-22(16-12-20)29-6-2/h9-16,18H,5-8,17H2,1-4H3,(H,24,26). The molecule has 0 aliphatic carbocycles. The minimum absolute atomic E-state index is 0.313. The number of nitrogens with zero attached hydrogens (tertiary/aromatic N) is 1. The minimum Gasteiger partial charge on any atom is -0.494 e. The van der Waals surface area contributed by atoms with Gasteiger partial charge in [-0.05, 0) is 68.5 Å². The van der Waals surface area contributed by atoms with E-state index in [2.05, 4.69) is 5.32 Å². The molecular formula is C23H32N2O4S. The first-order chi connectivity index (χ1) is 14.3. The van der Waals surface area contributed by atoms with E-state index in [0.29, 0.717) is 18.8 Å². The van der Waals surface area contributed by atoms with Crippen molar-refractivity contribution in [2.24, 2.45) is 0 Å². The third-order valence-electron chi connectivity index (χ3n) is 4.86. The zero-order chi connectivity index (χ0) is 22.1. The maximum atomic E-state index is 12.6. The molecule has 2 aromatic carbocycles. The van der Waals surface area contributed by atoms with Gasteiger partial charge in [0.15, 0.2) is 0 Å². The molecule has 6 nitrogen and oxygen atoms in total.